The Morgan fingerprint density at radius 1 is 1.12 bits per heavy atom. The molecule has 0 aliphatic rings. The number of para-hydroxylation sites is 1. The number of carboxylic acids is 1. The highest BCUT2D eigenvalue weighted by Gasteiger charge is 2.20. The second kappa shape index (κ2) is 6.18. The maximum atomic E-state index is 12.8. The predicted octanol–water partition coefficient (Wildman–Crippen LogP) is 3.35. The number of anilines is 1. The summed E-state index contributed by atoms with van der Waals surface area (Å²) in [7, 11) is -3.92. The van der Waals surface area contributed by atoms with Gasteiger partial charge in [-0.3, -0.25) is 9.71 Å². The van der Waals surface area contributed by atoms with Crippen LogP contribution in [0.4, 0.5) is 5.69 Å². The van der Waals surface area contributed by atoms with E-state index in [-0.39, 0.29) is 16.1 Å². The second-order valence-corrected chi connectivity index (χ2v) is 7.38. The molecule has 128 valence electrons. The van der Waals surface area contributed by atoms with Gasteiger partial charge in [0, 0.05) is 11.6 Å². The minimum Gasteiger partial charge on any atom is -0.478 e. The van der Waals surface area contributed by atoms with Crippen LogP contribution in [0.5, 0.6) is 0 Å². The molecule has 1 aromatic heterocycles. The first kappa shape index (κ1) is 16.9. The van der Waals surface area contributed by atoms with Crippen molar-refractivity contribution in [2.45, 2.75) is 18.7 Å². The van der Waals surface area contributed by atoms with E-state index in [4.69, 9.17) is 0 Å². The number of sulfonamides is 1. The Morgan fingerprint density at radius 2 is 1.84 bits per heavy atom. The summed E-state index contributed by atoms with van der Waals surface area (Å²) in [4.78, 5) is 15.5. The number of carboxylic acid groups (broad SMARTS) is 1. The molecule has 3 aromatic rings. The van der Waals surface area contributed by atoms with Gasteiger partial charge in [0.05, 0.1) is 16.8 Å². The normalized spacial score (nSPS) is 11.4. The van der Waals surface area contributed by atoms with Crippen LogP contribution in [0.15, 0.2) is 53.6 Å². The van der Waals surface area contributed by atoms with Gasteiger partial charge in [-0.15, -0.1) is 0 Å². The van der Waals surface area contributed by atoms with E-state index in [0.29, 0.717) is 11.1 Å². The first-order valence-electron chi connectivity index (χ1n) is 7.51. The van der Waals surface area contributed by atoms with E-state index in [1.54, 1.807) is 25.3 Å². The Hall–Kier alpha value is -2.93. The zero-order chi connectivity index (χ0) is 18.2. The van der Waals surface area contributed by atoms with Gasteiger partial charge >= 0.3 is 5.97 Å². The minimum absolute atomic E-state index is 0.0464. The molecule has 0 amide bonds. The van der Waals surface area contributed by atoms with Gasteiger partial charge in [0.15, 0.2) is 0 Å². The summed E-state index contributed by atoms with van der Waals surface area (Å²) >= 11 is 0. The second-order valence-electron chi connectivity index (χ2n) is 5.73. The van der Waals surface area contributed by atoms with Crippen LogP contribution in [0.2, 0.25) is 0 Å². The van der Waals surface area contributed by atoms with E-state index in [9.17, 15) is 18.3 Å². The predicted molar refractivity (Wildman–Crippen MR) is 95.4 cm³/mol. The molecular weight excluding hydrogens is 340 g/mol. The number of nitrogens with one attached hydrogen (secondary N) is 1. The molecule has 0 aliphatic heterocycles. The molecule has 2 aromatic carbocycles. The zero-order valence-corrected chi connectivity index (χ0v) is 14.5. The summed E-state index contributed by atoms with van der Waals surface area (Å²) in [5, 5.41) is 9.91. The van der Waals surface area contributed by atoms with E-state index in [0.717, 1.165) is 10.9 Å². The zero-order valence-electron chi connectivity index (χ0n) is 13.6. The lowest BCUT2D eigenvalue weighted by Gasteiger charge is -2.13. The van der Waals surface area contributed by atoms with Crippen LogP contribution >= 0.6 is 0 Å². The van der Waals surface area contributed by atoms with Crippen molar-refractivity contribution >= 4 is 32.6 Å². The average Bonchev–Trinajstić information content (AvgIpc) is 2.55. The third-order valence-electron chi connectivity index (χ3n) is 3.91. The number of carbonyl (C=O) groups is 1. The van der Waals surface area contributed by atoms with Crippen molar-refractivity contribution in [2.75, 3.05) is 4.72 Å². The number of hydrogen-bond donors (Lipinski definition) is 2. The van der Waals surface area contributed by atoms with Crippen molar-refractivity contribution < 1.29 is 18.3 Å². The Morgan fingerprint density at radius 3 is 2.56 bits per heavy atom. The van der Waals surface area contributed by atoms with Crippen molar-refractivity contribution in [3.63, 3.8) is 0 Å². The summed E-state index contributed by atoms with van der Waals surface area (Å²) < 4.78 is 28.1. The molecule has 0 fully saturated rings. The van der Waals surface area contributed by atoms with Crippen LogP contribution in [0.3, 0.4) is 0 Å². The molecule has 6 nitrogen and oxygen atoms in total. The number of hydrogen-bond acceptors (Lipinski definition) is 4. The van der Waals surface area contributed by atoms with Crippen molar-refractivity contribution in [1.29, 1.82) is 0 Å². The van der Waals surface area contributed by atoms with Crippen molar-refractivity contribution in [2.24, 2.45) is 0 Å². The lowest BCUT2D eigenvalue weighted by atomic mass is 10.1. The Balaban J connectivity index is 2.10. The molecule has 0 spiro atoms. The minimum atomic E-state index is -3.92. The third kappa shape index (κ3) is 3.18. The average molecular weight is 356 g/mol. The van der Waals surface area contributed by atoms with Gasteiger partial charge in [-0.05, 0) is 49.2 Å². The summed E-state index contributed by atoms with van der Waals surface area (Å²) in [5.74, 6) is -1.11. The molecule has 0 radical (unpaired) electrons. The van der Waals surface area contributed by atoms with Crippen molar-refractivity contribution in [1.82, 2.24) is 4.98 Å². The Labute approximate surface area is 145 Å². The topological polar surface area (TPSA) is 96.4 Å². The van der Waals surface area contributed by atoms with Gasteiger partial charge in [-0.25, -0.2) is 13.2 Å². The molecule has 1 heterocycles. The third-order valence-corrected chi connectivity index (χ3v) is 5.31. The quantitative estimate of drug-likeness (QED) is 0.747. The van der Waals surface area contributed by atoms with Crippen LogP contribution in [-0.4, -0.2) is 24.5 Å². The monoisotopic (exact) mass is 356 g/mol. The van der Waals surface area contributed by atoms with Gasteiger partial charge in [-0.2, -0.15) is 0 Å². The van der Waals surface area contributed by atoms with Crippen LogP contribution in [0, 0.1) is 13.8 Å². The Bertz CT molecular complexity index is 1090. The van der Waals surface area contributed by atoms with Gasteiger partial charge < -0.3 is 5.11 Å². The van der Waals surface area contributed by atoms with Crippen LogP contribution in [-0.2, 0) is 10.0 Å². The highest BCUT2D eigenvalue weighted by Crippen LogP contribution is 2.26. The van der Waals surface area contributed by atoms with Crippen LogP contribution < -0.4 is 4.72 Å². The fourth-order valence-corrected chi connectivity index (χ4v) is 3.94. The number of benzene rings is 2. The first-order valence-corrected chi connectivity index (χ1v) is 8.99. The maximum Gasteiger partial charge on any atom is 0.336 e. The fraction of sp³-hybridized carbons (Fsp3) is 0.111. The van der Waals surface area contributed by atoms with E-state index < -0.39 is 16.0 Å². The molecule has 0 saturated carbocycles. The van der Waals surface area contributed by atoms with Crippen molar-refractivity contribution in [3.8, 4) is 0 Å². The summed E-state index contributed by atoms with van der Waals surface area (Å²) in [6, 6.07) is 11.2. The fourth-order valence-electron chi connectivity index (χ4n) is 2.64. The summed E-state index contributed by atoms with van der Waals surface area (Å²) in [5.41, 5.74) is 1.92. The maximum absolute atomic E-state index is 12.8. The number of rotatable bonds is 4. The largest absolute Gasteiger partial charge is 0.478 e. The molecule has 3 rings (SSSR count). The summed E-state index contributed by atoms with van der Waals surface area (Å²) in [6.45, 7) is 3.44. The standard InChI is InChI=1S/C18H16N2O4S/c1-11-9-13-5-3-8-16(17(13)19-10-11)25(23,24)20-15-7-4-6-14(12(15)2)18(21)22/h3-10,20H,1-2H3,(H,21,22). The van der Waals surface area contributed by atoms with Gasteiger partial charge in [-0.1, -0.05) is 18.2 Å². The number of pyridine rings is 1. The molecule has 0 atom stereocenters. The first-order chi connectivity index (χ1) is 11.8. The van der Waals surface area contributed by atoms with Gasteiger partial charge in [0.1, 0.15) is 4.90 Å². The molecule has 0 aliphatic carbocycles. The molecule has 0 bridgehead atoms. The van der Waals surface area contributed by atoms with Gasteiger partial charge in [0.25, 0.3) is 10.0 Å². The van der Waals surface area contributed by atoms with E-state index in [1.807, 2.05) is 13.0 Å². The van der Waals surface area contributed by atoms with E-state index >= 15 is 0 Å². The van der Waals surface area contributed by atoms with Crippen molar-refractivity contribution in [3.05, 3.63) is 65.4 Å². The number of fused-ring (bicyclic) bond motifs is 1. The summed E-state index contributed by atoms with van der Waals surface area (Å²) in [6.07, 6.45) is 1.61. The Kier molecular flexibility index (Phi) is 4.18. The molecule has 7 heteroatoms. The number of aryl methyl sites for hydroxylation is 1. The van der Waals surface area contributed by atoms with E-state index in [2.05, 4.69) is 9.71 Å². The highest BCUT2D eigenvalue weighted by molar-refractivity contribution is 7.93. The molecule has 0 unspecified atom stereocenters. The number of aromatic carboxylic acids is 1. The molecule has 0 saturated heterocycles. The lowest BCUT2D eigenvalue weighted by molar-refractivity contribution is 0.0696. The lowest BCUT2D eigenvalue weighted by Crippen LogP contribution is -2.15. The number of nitrogens with zero attached hydrogens (tertiary/aromatic N) is 1. The smallest absolute Gasteiger partial charge is 0.336 e. The highest BCUT2D eigenvalue weighted by atomic mass is 32.2. The molecule has 25 heavy (non-hydrogen) atoms. The number of aromatic nitrogens is 1. The van der Waals surface area contributed by atoms with Gasteiger partial charge in [0.2, 0.25) is 0 Å². The van der Waals surface area contributed by atoms with E-state index in [1.165, 1.54) is 24.3 Å². The molecule has 2 N–H and O–H groups in total. The SMILES string of the molecule is Cc1cnc2c(S(=O)(=O)Nc3cccc(C(=O)O)c3C)cccc2c1. The van der Waals surface area contributed by atoms with Crippen LogP contribution in [0.25, 0.3) is 10.9 Å². The molecular formula is C18H16N2O4S. The van der Waals surface area contributed by atoms with Crippen LogP contribution in [0.1, 0.15) is 21.5 Å².